The Bertz CT molecular complexity index is 627. The number of hydrogen-bond donors (Lipinski definition) is 1. The molecule has 0 spiro atoms. The van der Waals surface area contributed by atoms with Crippen LogP contribution in [0.5, 0.6) is 0 Å². The highest BCUT2D eigenvalue weighted by molar-refractivity contribution is 5.42. The molecule has 6 nitrogen and oxygen atoms in total. The predicted molar refractivity (Wildman–Crippen MR) is 66.2 cm³/mol. The summed E-state index contributed by atoms with van der Waals surface area (Å²) in [6.07, 6.45) is 3.08. The Hall–Kier alpha value is -2.63. The van der Waals surface area contributed by atoms with Crippen LogP contribution in [0.2, 0.25) is 0 Å². The molecule has 0 amide bonds. The van der Waals surface area contributed by atoms with Crippen molar-refractivity contribution in [2.24, 2.45) is 5.22 Å². The summed E-state index contributed by atoms with van der Waals surface area (Å²) in [5.41, 5.74) is 11.9. The second-order valence-electron chi connectivity index (χ2n) is 3.61. The van der Waals surface area contributed by atoms with Gasteiger partial charge in [-0.05, 0) is 0 Å². The minimum absolute atomic E-state index is 0.131. The molecule has 90 valence electrons. The van der Waals surface area contributed by atoms with Gasteiger partial charge in [0.1, 0.15) is 5.69 Å². The number of anilines is 1. The average Bonchev–Trinajstić information content (AvgIpc) is 2.53. The van der Waals surface area contributed by atoms with Crippen molar-refractivity contribution >= 4 is 5.69 Å². The number of nitrogens with zero attached hydrogens (tertiary/aromatic N) is 4. The van der Waals surface area contributed by atoms with Gasteiger partial charge in [-0.25, -0.2) is 4.98 Å². The quantitative estimate of drug-likeness (QED) is 0.500. The first-order valence-corrected chi connectivity index (χ1v) is 5.31. The van der Waals surface area contributed by atoms with Crippen molar-refractivity contribution in [3.63, 3.8) is 0 Å². The van der Waals surface area contributed by atoms with Crippen LogP contribution in [0.3, 0.4) is 0 Å². The van der Waals surface area contributed by atoms with Gasteiger partial charge < -0.3 is 11.0 Å². The molecule has 0 saturated carbocycles. The fraction of sp³-hybridized carbons (Fsp3) is 0.0833. The van der Waals surface area contributed by atoms with Crippen LogP contribution in [0.1, 0.15) is 5.69 Å². The maximum absolute atomic E-state index is 11.7. The van der Waals surface area contributed by atoms with Gasteiger partial charge in [0.05, 0.1) is 6.20 Å². The third-order valence-corrected chi connectivity index (χ3v) is 2.54. The number of rotatable bonds is 3. The number of benzene rings is 1. The van der Waals surface area contributed by atoms with Gasteiger partial charge in [0.2, 0.25) is 5.69 Å². The Morgan fingerprint density at radius 1 is 1.33 bits per heavy atom. The zero-order valence-electron chi connectivity index (χ0n) is 9.74. The molecular formula is C12H11N5O. The summed E-state index contributed by atoms with van der Waals surface area (Å²) in [4.78, 5) is 15.4. The van der Waals surface area contributed by atoms with Crippen molar-refractivity contribution in [2.45, 2.75) is 6.92 Å². The topological polar surface area (TPSA) is 80.5 Å². The molecule has 1 heterocycles. The summed E-state index contributed by atoms with van der Waals surface area (Å²) in [6.45, 7) is 1.74. The lowest BCUT2D eigenvalue weighted by molar-refractivity contribution is -0.601. The number of para-hydroxylation sites is 1. The van der Waals surface area contributed by atoms with Gasteiger partial charge in [0.15, 0.2) is 11.9 Å². The summed E-state index contributed by atoms with van der Waals surface area (Å²) in [5, 5.41) is 2.79. The molecule has 0 aliphatic heterocycles. The number of hydrogen-bond acceptors (Lipinski definition) is 3. The van der Waals surface area contributed by atoms with E-state index >= 15 is 0 Å². The van der Waals surface area contributed by atoms with E-state index < -0.39 is 5.56 Å². The largest absolute Gasteiger partial charge is 0.377 e. The Morgan fingerprint density at radius 2 is 2.06 bits per heavy atom. The second kappa shape index (κ2) is 5.13. The first-order valence-electron chi connectivity index (χ1n) is 5.31. The third-order valence-electron chi connectivity index (χ3n) is 2.54. The van der Waals surface area contributed by atoms with E-state index in [1.54, 1.807) is 17.7 Å². The molecule has 18 heavy (non-hydrogen) atoms. The predicted octanol–water partition coefficient (Wildman–Crippen LogP) is 1.38. The van der Waals surface area contributed by atoms with Gasteiger partial charge in [0, 0.05) is 19.1 Å². The van der Waals surface area contributed by atoms with E-state index in [9.17, 15) is 4.79 Å². The fourth-order valence-electron chi connectivity index (χ4n) is 1.67. The molecule has 0 fully saturated rings. The van der Waals surface area contributed by atoms with Crippen LogP contribution in [0.4, 0.5) is 5.69 Å². The minimum atomic E-state index is -0.486. The lowest BCUT2D eigenvalue weighted by atomic mass is 10.3. The molecule has 0 unspecified atom stereocenters. The molecule has 0 aliphatic rings. The Morgan fingerprint density at radius 3 is 2.72 bits per heavy atom. The summed E-state index contributed by atoms with van der Waals surface area (Å²) in [6, 6.07) is 9.49. The highest BCUT2D eigenvalue weighted by Crippen LogP contribution is 2.05. The molecule has 0 radical (unpaired) electrons. The summed E-state index contributed by atoms with van der Waals surface area (Å²) in [7, 11) is 0. The molecule has 2 aromatic rings. The van der Waals surface area contributed by atoms with E-state index in [4.69, 9.17) is 5.53 Å². The summed E-state index contributed by atoms with van der Waals surface area (Å²) in [5.74, 6) is 0. The molecular weight excluding hydrogens is 230 g/mol. The van der Waals surface area contributed by atoms with Crippen molar-refractivity contribution in [2.75, 3.05) is 5.43 Å². The molecule has 1 N–H and O–H groups in total. The highest BCUT2D eigenvalue weighted by Gasteiger charge is 2.13. The summed E-state index contributed by atoms with van der Waals surface area (Å²) >= 11 is 0. The lowest BCUT2D eigenvalue weighted by Gasteiger charge is -2.03. The Labute approximate surface area is 103 Å². The molecule has 0 aliphatic carbocycles. The SMILES string of the molecule is Cc1c(NN=[N-])c(=O)ncc[n+]1-c1ccccc1. The van der Waals surface area contributed by atoms with Gasteiger partial charge >= 0.3 is 0 Å². The van der Waals surface area contributed by atoms with Gasteiger partial charge in [-0.2, -0.15) is 4.57 Å². The van der Waals surface area contributed by atoms with Gasteiger partial charge in [0.25, 0.3) is 5.56 Å². The Balaban J connectivity index is 2.71. The molecule has 0 bridgehead atoms. The van der Waals surface area contributed by atoms with Crippen LogP contribution in [-0.4, -0.2) is 4.98 Å². The molecule has 2 rings (SSSR count). The maximum atomic E-state index is 11.7. The average molecular weight is 241 g/mol. The van der Waals surface area contributed by atoms with E-state index in [0.717, 1.165) is 5.69 Å². The van der Waals surface area contributed by atoms with Crippen molar-refractivity contribution in [3.05, 3.63) is 64.3 Å². The van der Waals surface area contributed by atoms with E-state index in [0.29, 0.717) is 5.69 Å². The van der Waals surface area contributed by atoms with Crippen LogP contribution >= 0.6 is 0 Å². The third kappa shape index (κ3) is 2.22. The van der Waals surface area contributed by atoms with Crippen molar-refractivity contribution < 1.29 is 4.57 Å². The molecule has 0 saturated heterocycles. The number of nitrogens with one attached hydrogen (secondary N) is 1. The normalized spacial score (nSPS) is 9.83. The molecule has 6 heteroatoms. The van der Waals surface area contributed by atoms with Crippen LogP contribution in [0.15, 0.2) is 52.7 Å². The van der Waals surface area contributed by atoms with E-state index in [1.807, 2.05) is 30.3 Å². The monoisotopic (exact) mass is 241 g/mol. The standard InChI is InChI=1S/C12H11N5O/c1-9-11(15-16-13)12(18)14-7-8-17(9)10-5-3-2-4-6-10/h2-8H,1H3,(H-,13,14,15,18). The van der Waals surface area contributed by atoms with Gasteiger partial charge in [-0.3, -0.25) is 10.0 Å². The Kier molecular flexibility index (Phi) is 3.38. The lowest BCUT2D eigenvalue weighted by Crippen LogP contribution is -2.33. The van der Waals surface area contributed by atoms with Gasteiger partial charge in [-0.1, -0.05) is 18.2 Å². The van der Waals surface area contributed by atoms with Crippen LogP contribution < -0.4 is 15.6 Å². The zero-order chi connectivity index (χ0) is 13.0. The fourth-order valence-corrected chi connectivity index (χ4v) is 1.67. The van der Waals surface area contributed by atoms with Crippen LogP contribution in [0.25, 0.3) is 11.2 Å². The molecule has 0 atom stereocenters. The molecule has 1 aromatic heterocycles. The zero-order valence-corrected chi connectivity index (χ0v) is 9.74. The van der Waals surface area contributed by atoms with Gasteiger partial charge in [-0.15, -0.1) is 0 Å². The van der Waals surface area contributed by atoms with E-state index in [1.165, 1.54) is 6.20 Å². The van der Waals surface area contributed by atoms with Crippen molar-refractivity contribution in [1.29, 1.82) is 0 Å². The highest BCUT2D eigenvalue weighted by atomic mass is 16.1. The second-order valence-corrected chi connectivity index (χ2v) is 3.61. The minimum Gasteiger partial charge on any atom is -0.377 e. The van der Waals surface area contributed by atoms with Crippen molar-refractivity contribution in [3.8, 4) is 5.69 Å². The van der Waals surface area contributed by atoms with Crippen LogP contribution in [-0.2, 0) is 0 Å². The van der Waals surface area contributed by atoms with Crippen LogP contribution in [0, 0.1) is 6.92 Å². The van der Waals surface area contributed by atoms with Crippen molar-refractivity contribution in [1.82, 2.24) is 4.98 Å². The maximum Gasteiger partial charge on any atom is 0.280 e. The number of aromatic nitrogens is 2. The summed E-state index contributed by atoms with van der Waals surface area (Å²) < 4.78 is 1.78. The van der Waals surface area contributed by atoms with E-state index in [2.05, 4.69) is 15.6 Å². The first-order chi connectivity index (χ1) is 8.74. The molecule has 1 aromatic carbocycles. The smallest absolute Gasteiger partial charge is 0.280 e. The first kappa shape index (κ1) is 11.8. The van der Waals surface area contributed by atoms with E-state index in [-0.39, 0.29) is 5.69 Å².